The van der Waals surface area contributed by atoms with Gasteiger partial charge in [0.15, 0.2) is 0 Å². The second-order valence-corrected chi connectivity index (χ2v) is 35.0. The van der Waals surface area contributed by atoms with Crippen molar-refractivity contribution in [3.63, 3.8) is 0 Å². The van der Waals surface area contributed by atoms with Crippen LogP contribution in [0.5, 0.6) is 0 Å². The number of aromatic nitrogens is 2. The molecule has 3 atom stereocenters. The Morgan fingerprint density at radius 2 is 0.802 bits per heavy atom. The van der Waals surface area contributed by atoms with Gasteiger partial charge in [0.25, 0.3) is 0 Å². The number of amides is 3. The lowest BCUT2D eigenvalue weighted by molar-refractivity contribution is -0.139. The quantitative estimate of drug-likeness (QED) is 0.100. The maximum absolute atomic E-state index is 13.6. The van der Waals surface area contributed by atoms with Crippen LogP contribution >= 0.6 is 11.3 Å². The van der Waals surface area contributed by atoms with E-state index in [4.69, 9.17) is 0 Å². The van der Waals surface area contributed by atoms with Crippen molar-refractivity contribution in [2.45, 2.75) is 69.0 Å². The number of rotatable bonds is 9. The number of halogens is 7. The van der Waals surface area contributed by atoms with E-state index in [-0.39, 0.29) is 65.8 Å². The second-order valence-electron chi connectivity index (χ2n) is 25.8. The van der Waals surface area contributed by atoms with Crippen LogP contribution in [0, 0.1) is 23.6 Å². The molecule has 0 radical (unpaired) electrons. The van der Waals surface area contributed by atoms with Gasteiger partial charge in [-0.25, -0.2) is 4.39 Å². The molecule has 25 heteroatoms. The van der Waals surface area contributed by atoms with E-state index >= 15 is 0 Å². The summed E-state index contributed by atoms with van der Waals surface area (Å²) in [6.45, 7) is 4.59. The average molecular weight is 1400 g/mol. The summed E-state index contributed by atoms with van der Waals surface area (Å²) in [5.74, 6) is 13.6. The number of carbonyl (C=O) groups is 3. The Balaban J connectivity index is 0.000000146. The van der Waals surface area contributed by atoms with E-state index < -0.39 is 63.3 Å². The summed E-state index contributed by atoms with van der Waals surface area (Å²) < 4.78 is 128. The van der Waals surface area contributed by atoms with Crippen LogP contribution in [0.25, 0.3) is 10.8 Å². The zero-order valence-electron chi connectivity index (χ0n) is 53.2. The highest BCUT2D eigenvalue weighted by atomic mass is 32.2. The van der Waals surface area contributed by atoms with Gasteiger partial charge in [-0.15, -0.1) is 10.2 Å². The molecule has 0 saturated carbocycles. The van der Waals surface area contributed by atoms with Gasteiger partial charge in [-0.2, -0.15) is 26.3 Å². The van der Waals surface area contributed by atoms with Crippen LogP contribution in [0.1, 0.15) is 83.9 Å². The Bertz CT molecular complexity index is 4180. The fourth-order valence-electron chi connectivity index (χ4n) is 13.7. The molecule has 3 unspecified atom stereocenters. The van der Waals surface area contributed by atoms with E-state index in [0.717, 1.165) is 30.8 Å². The number of alkyl halides is 6. The first kappa shape index (κ1) is 69.9. The molecule has 7 aromatic rings. The molecular formula is C71H79F7N8O6S4. The predicted octanol–water partition coefficient (Wildman–Crippen LogP) is 11.8. The molecule has 96 heavy (non-hydrogen) atoms. The summed E-state index contributed by atoms with van der Waals surface area (Å²) in [6.07, 6.45) is -5.41. The van der Waals surface area contributed by atoms with Crippen molar-refractivity contribution in [3.8, 4) is 0 Å². The molecule has 13 rings (SSSR count). The van der Waals surface area contributed by atoms with Gasteiger partial charge in [0.2, 0.25) is 27.9 Å². The molecule has 1 aromatic heterocycles. The fraction of sp³-hybridized carbons (Fsp3) is 0.408. The lowest BCUT2D eigenvalue weighted by atomic mass is 9.96. The van der Waals surface area contributed by atoms with Crippen LogP contribution in [0.3, 0.4) is 0 Å². The zero-order chi connectivity index (χ0) is 68.2. The normalized spacial score (nSPS) is 26.6. The van der Waals surface area contributed by atoms with Gasteiger partial charge < -0.3 is 29.4 Å². The van der Waals surface area contributed by atoms with Crippen LogP contribution in [0.2, 0.25) is 0 Å². The van der Waals surface area contributed by atoms with Crippen molar-refractivity contribution in [2.75, 3.05) is 108 Å². The Labute approximate surface area is 561 Å². The minimum Gasteiger partial charge on any atom is -0.367 e. The van der Waals surface area contributed by atoms with E-state index in [9.17, 15) is 57.7 Å². The summed E-state index contributed by atoms with van der Waals surface area (Å²) in [5, 5.41) is 8.53. The summed E-state index contributed by atoms with van der Waals surface area (Å²) in [4.78, 5) is 52.1. The molecule has 3 amide bonds. The Morgan fingerprint density at radius 1 is 0.427 bits per heavy atom. The average Bonchev–Trinajstić information content (AvgIpc) is 0.822. The largest absolute Gasteiger partial charge is 0.445 e. The van der Waals surface area contributed by atoms with Crippen molar-refractivity contribution in [1.82, 2.24) is 24.9 Å². The minimum atomic E-state index is -4.57. The Morgan fingerprint density at radius 3 is 1.22 bits per heavy atom. The number of fused-ring (bicyclic) bond motifs is 1. The number of carbonyl (C=O) groups excluding carboxylic acids is 3. The third-order valence-corrected chi connectivity index (χ3v) is 26.2. The first-order chi connectivity index (χ1) is 45.7. The number of hydrogen-bond acceptors (Lipinski definition) is 12. The monoisotopic (exact) mass is 1400 g/mol. The molecule has 6 saturated heterocycles. The highest BCUT2D eigenvalue weighted by molar-refractivity contribution is 8.00. The smallest absolute Gasteiger partial charge is 0.367 e. The molecule has 6 aliphatic rings. The zero-order valence-corrected chi connectivity index (χ0v) is 56.4. The number of piperazine rings is 3. The maximum atomic E-state index is 13.6. The van der Waals surface area contributed by atoms with Crippen LogP contribution < -0.4 is 14.7 Å². The van der Waals surface area contributed by atoms with Gasteiger partial charge >= 0.3 is 12.4 Å². The lowest BCUT2D eigenvalue weighted by Crippen LogP contribution is -2.53. The van der Waals surface area contributed by atoms with Gasteiger partial charge in [0, 0.05) is 123 Å². The molecule has 0 spiro atoms. The van der Waals surface area contributed by atoms with Crippen molar-refractivity contribution in [1.29, 1.82) is 0 Å². The topological polar surface area (TPSA) is 148 Å². The number of benzene rings is 6. The van der Waals surface area contributed by atoms with Gasteiger partial charge in [0.05, 0.1) is 23.7 Å². The van der Waals surface area contributed by atoms with Crippen LogP contribution in [0.4, 0.5) is 47.2 Å². The predicted molar refractivity (Wildman–Crippen MR) is 373 cm³/mol. The standard InChI is InChI=1S/C27H30N2O2S.C24H27F3N2O2S.C20H22F4N4O2S2/c1-32(31)17-13-23(14-18-32)27(30)29-16-15-28(20-26(29)22-8-3-2-4-9-22)25-12-11-21-7-5-6-10-24(21)19-25;1-32(31)15-11-19(12-16-32)23(30)29-14-13-28(17-22(29)18-5-3-2-4-6-18)21-9-7-20(8-10-21)24(25,26)27;1-32(30)10-6-14(7-11-32)17(29)28-9-8-27(19-26-25-18(31-19)20(22,23)24)12-16(28)13-2-4-15(21)5-3-13/h2-12,19,23,26H,1,13-18,20H2;2-10,19,22H,1,11-17H2;2-5,14,16H,1,6-12H2. The van der Waals surface area contributed by atoms with Crippen LogP contribution in [-0.2, 0) is 55.3 Å². The van der Waals surface area contributed by atoms with Gasteiger partial charge in [0.1, 0.15) is 5.82 Å². The fourth-order valence-corrected chi connectivity index (χ4v) is 19.3. The number of hydrogen-bond donors (Lipinski definition) is 0. The highest BCUT2D eigenvalue weighted by Crippen LogP contribution is 2.40. The van der Waals surface area contributed by atoms with E-state index in [0.29, 0.717) is 128 Å². The molecule has 6 aromatic carbocycles. The van der Waals surface area contributed by atoms with Crippen molar-refractivity contribution < 1.29 is 57.7 Å². The number of anilines is 3. The molecule has 512 valence electrons. The summed E-state index contributed by atoms with van der Waals surface area (Å²) >= 11 is 0.460. The van der Waals surface area contributed by atoms with E-state index in [1.807, 2.05) is 58.3 Å². The molecule has 6 aliphatic heterocycles. The van der Waals surface area contributed by atoms with Crippen molar-refractivity contribution in [2.24, 2.45) is 17.8 Å². The SMILES string of the molecule is C=S1(=O)CCC(C(=O)N2CCN(c3ccc(C(F)(F)F)cc3)CC2c2ccccc2)CC1.C=S1(=O)CCC(C(=O)N2CCN(c3ccc4ccccc4c3)CC2c2ccccc2)CC1.C=S1(=O)CCC(C(=O)N2CCN(c3nnc(C(F)(F)F)s3)CC2c2ccc(F)cc2)CC1. The third-order valence-electron chi connectivity index (χ3n) is 19.3. The summed E-state index contributed by atoms with van der Waals surface area (Å²) in [6, 6.07) is 45.4. The second kappa shape index (κ2) is 29.3. The van der Waals surface area contributed by atoms with Crippen LogP contribution in [0.15, 0.2) is 152 Å². The van der Waals surface area contributed by atoms with Gasteiger partial charge in [-0.3, -0.25) is 27.0 Å². The lowest BCUT2D eigenvalue weighted by Gasteiger charge is -2.44. The molecule has 0 N–H and O–H groups in total. The van der Waals surface area contributed by atoms with E-state index in [1.165, 1.54) is 46.3 Å². The van der Waals surface area contributed by atoms with Gasteiger partial charge in [-0.05, 0) is 161 Å². The Kier molecular flexibility index (Phi) is 21.3. The van der Waals surface area contributed by atoms with E-state index in [2.05, 4.69) is 92.2 Å². The Hall–Kier alpha value is -7.48. The van der Waals surface area contributed by atoms with Crippen molar-refractivity contribution in [3.05, 3.63) is 185 Å². The summed E-state index contributed by atoms with van der Waals surface area (Å²) in [5.41, 5.74) is 4.08. The van der Waals surface area contributed by atoms with E-state index in [1.54, 1.807) is 21.9 Å². The molecular weight excluding hydrogens is 1320 g/mol. The molecule has 0 bridgehead atoms. The van der Waals surface area contributed by atoms with Crippen LogP contribution in [-0.4, -0.2) is 166 Å². The molecule has 6 fully saturated rings. The third kappa shape index (κ3) is 17.1. The molecule has 7 heterocycles. The highest BCUT2D eigenvalue weighted by Gasteiger charge is 2.42. The summed E-state index contributed by atoms with van der Waals surface area (Å²) in [7, 11) is -6.18. The first-order valence-corrected chi connectivity index (χ1v) is 39.2. The number of nitrogens with zero attached hydrogens (tertiary/aromatic N) is 8. The molecule has 14 nitrogen and oxygen atoms in total. The maximum Gasteiger partial charge on any atom is 0.445 e. The van der Waals surface area contributed by atoms with Gasteiger partial charge in [-0.1, -0.05) is 114 Å². The minimum absolute atomic E-state index is 0.00922. The molecule has 0 aliphatic carbocycles. The van der Waals surface area contributed by atoms with Crippen molar-refractivity contribution >= 4 is 103 Å². The first-order valence-electron chi connectivity index (χ1n) is 32.2.